The Morgan fingerprint density at radius 1 is 1.11 bits per heavy atom. The Kier molecular flexibility index (Phi) is 5.07. The second kappa shape index (κ2) is 7.30. The number of methoxy groups -OCH3 is 1. The lowest BCUT2D eigenvalue weighted by atomic mass is 9.99. The molecule has 0 aliphatic carbocycles. The van der Waals surface area contributed by atoms with Crippen LogP contribution in [0.4, 0.5) is 23.7 Å². The number of hydrogen-bond donors (Lipinski definition) is 1. The highest BCUT2D eigenvalue weighted by Crippen LogP contribution is 2.32. The molecular weight excluding hydrogens is 361 g/mol. The van der Waals surface area contributed by atoms with Crippen LogP contribution in [0.25, 0.3) is 0 Å². The molecule has 0 fully saturated rings. The van der Waals surface area contributed by atoms with Crippen LogP contribution in [0.3, 0.4) is 0 Å². The van der Waals surface area contributed by atoms with Gasteiger partial charge in [0.1, 0.15) is 0 Å². The number of amides is 2. The first-order chi connectivity index (χ1) is 12.8. The van der Waals surface area contributed by atoms with Crippen molar-refractivity contribution in [3.8, 4) is 0 Å². The van der Waals surface area contributed by atoms with Crippen LogP contribution >= 0.6 is 0 Å². The summed E-state index contributed by atoms with van der Waals surface area (Å²) in [6.45, 7) is 0.829. The Bertz CT molecular complexity index is 881. The minimum atomic E-state index is -4.62. The summed E-state index contributed by atoms with van der Waals surface area (Å²) >= 11 is 0. The van der Waals surface area contributed by atoms with Crippen molar-refractivity contribution in [3.05, 3.63) is 64.7 Å². The Hall–Kier alpha value is -3.03. The van der Waals surface area contributed by atoms with Crippen molar-refractivity contribution in [1.82, 2.24) is 4.90 Å². The molecule has 0 bridgehead atoms. The molecular formula is C19H17F3N2O3. The second-order valence-corrected chi connectivity index (χ2v) is 6.12. The van der Waals surface area contributed by atoms with E-state index in [1.54, 1.807) is 18.2 Å². The topological polar surface area (TPSA) is 58.6 Å². The maximum atomic E-state index is 13.1. The van der Waals surface area contributed by atoms with E-state index in [1.165, 1.54) is 24.1 Å². The van der Waals surface area contributed by atoms with Crippen LogP contribution in [-0.4, -0.2) is 30.6 Å². The summed E-state index contributed by atoms with van der Waals surface area (Å²) in [5.74, 6) is -0.844. The van der Waals surface area contributed by atoms with E-state index in [4.69, 9.17) is 4.74 Å². The summed E-state index contributed by atoms with van der Waals surface area (Å²) in [6, 6.07) is 9.73. The van der Waals surface area contributed by atoms with E-state index in [-0.39, 0.29) is 0 Å². The average Bonchev–Trinajstić information content (AvgIpc) is 2.66. The minimum absolute atomic E-state index is 0.310. The van der Waals surface area contributed by atoms with E-state index in [0.717, 1.165) is 23.3 Å². The molecule has 0 spiro atoms. The number of anilines is 1. The first-order valence-corrected chi connectivity index (χ1v) is 8.22. The molecule has 142 valence electrons. The average molecular weight is 378 g/mol. The molecule has 0 saturated carbocycles. The maximum Gasteiger partial charge on any atom is 0.417 e. The van der Waals surface area contributed by atoms with Crippen molar-refractivity contribution in [3.63, 3.8) is 0 Å². The minimum Gasteiger partial charge on any atom is -0.453 e. The Morgan fingerprint density at radius 3 is 2.56 bits per heavy atom. The largest absolute Gasteiger partial charge is 0.453 e. The fourth-order valence-corrected chi connectivity index (χ4v) is 3.05. The van der Waals surface area contributed by atoms with Gasteiger partial charge in [-0.15, -0.1) is 0 Å². The first-order valence-electron chi connectivity index (χ1n) is 8.22. The van der Waals surface area contributed by atoms with Gasteiger partial charge in [0.2, 0.25) is 0 Å². The number of nitrogens with zero attached hydrogens (tertiary/aromatic N) is 1. The molecule has 1 aliphatic rings. The van der Waals surface area contributed by atoms with Crippen LogP contribution in [-0.2, 0) is 23.9 Å². The van der Waals surface area contributed by atoms with Crippen LogP contribution in [0.1, 0.15) is 27.0 Å². The van der Waals surface area contributed by atoms with Crippen molar-refractivity contribution < 1.29 is 27.5 Å². The number of nitrogens with one attached hydrogen (secondary N) is 1. The molecule has 1 heterocycles. The van der Waals surface area contributed by atoms with Crippen molar-refractivity contribution in [1.29, 1.82) is 0 Å². The zero-order chi connectivity index (χ0) is 19.6. The number of benzene rings is 2. The van der Waals surface area contributed by atoms with Gasteiger partial charge in [-0.1, -0.05) is 18.2 Å². The molecule has 0 aromatic heterocycles. The zero-order valence-corrected chi connectivity index (χ0v) is 14.5. The van der Waals surface area contributed by atoms with Crippen molar-refractivity contribution in [2.75, 3.05) is 19.0 Å². The third-order valence-electron chi connectivity index (χ3n) is 4.39. The summed E-state index contributed by atoms with van der Waals surface area (Å²) in [5.41, 5.74) is 0.760. The second-order valence-electron chi connectivity index (χ2n) is 6.12. The summed E-state index contributed by atoms with van der Waals surface area (Å²) in [4.78, 5) is 25.6. The molecule has 0 atom stereocenters. The third-order valence-corrected chi connectivity index (χ3v) is 4.39. The van der Waals surface area contributed by atoms with Gasteiger partial charge in [-0.3, -0.25) is 4.79 Å². The predicted molar refractivity (Wildman–Crippen MR) is 92.4 cm³/mol. The number of carbonyl (C=O) groups is 2. The molecule has 8 heteroatoms. The Balaban J connectivity index is 1.82. The summed E-state index contributed by atoms with van der Waals surface area (Å²) < 4.78 is 44.0. The van der Waals surface area contributed by atoms with Crippen LogP contribution in [0.15, 0.2) is 42.5 Å². The fraction of sp³-hybridized carbons (Fsp3) is 0.263. The number of halogens is 3. The van der Waals surface area contributed by atoms with Crippen molar-refractivity contribution in [2.45, 2.75) is 19.1 Å². The molecule has 1 N–H and O–H groups in total. The van der Waals surface area contributed by atoms with Gasteiger partial charge in [-0.2, -0.15) is 13.2 Å². The molecule has 2 aromatic carbocycles. The third kappa shape index (κ3) is 4.05. The quantitative estimate of drug-likeness (QED) is 0.857. The summed E-state index contributed by atoms with van der Waals surface area (Å²) in [6.07, 6.45) is -4.44. The number of hydrogen-bond acceptors (Lipinski definition) is 3. The van der Waals surface area contributed by atoms with Crippen molar-refractivity contribution in [2.24, 2.45) is 0 Å². The monoisotopic (exact) mass is 378 g/mol. The molecule has 0 radical (unpaired) electrons. The van der Waals surface area contributed by atoms with Gasteiger partial charge in [-0.25, -0.2) is 4.79 Å². The zero-order valence-electron chi connectivity index (χ0n) is 14.5. The standard InChI is InChI=1S/C19H17F3N2O3/c1-27-18(26)24-9-8-12-6-7-14(10-13(12)11-24)23-17(25)15-4-2-3-5-16(15)19(20,21)22/h2-7,10H,8-9,11H2,1H3,(H,23,25). The molecule has 2 amide bonds. The number of ether oxygens (including phenoxy) is 1. The van der Waals surface area contributed by atoms with Gasteiger partial charge in [0.25, 0.3) is 5.91 Å². The van der Waals surface area contributed by atoms with Crippen molar-refractivity contribution >= 4 is 17.7 Å². The highest BCUT2D eigenvalue weighted by molar-refractivity contribution is 6.05. The molecule has 27 heavy (non-hydrogen) atoms. The van der Waals surface area contributed by atoms with Gasteiger partial charge in [0, 0.05) is 18.8 Å². The van der Waals surface area contributed by atoms with E-state index in [0.29, 0.717) is 25.2 Å². The van der Waals surface area contributed by atoms with E-state index in [2.05, 4.69) is 5.32 Å². The van der Waals surface area contributed by atoms with Gasteiger partial charge < -0.3 is 15.0 Å². The van der Waals surface area contributed by atoms with E-state index in [9.17, 15) is 22.8 Å². The number of rotatable bonds is 2. The summed E-state index contributed by atoms with van der Waals surface area (Å²) in [7, 11) is 1.30. The van der Waals surface area contributed by atoms with Crippen LogP contribution in [0, 0.1) is 0 Å². The van der Waals surface area contributed by atoms with E-state index < -0.39 is 29.3 Å². The van der Waals surface area contributed by atoms with Gasteiger partial charge in [-0.05, 0) is 41.8 Å². The Labute approximate surface area is 153 Å². The normalized spacial score (nSPS) is 13.7. The molecule has 2 aromatic rings. The van der Waals surface area contributed by atoms with Crippen LogP contribution in [0.2, 0.25) is 0 Å². The lowest BCUT2D eigenvalue weighted by molar-refractivity contribution is -0.137. The highest BCUT2D eigenvalue weighted by atomic mass is 19.4. The number of alkyl halides is 3. The fourth-order valence-electron chi connectivity index (χ4n) is 3.05. The molecule has 3 rings (SSSR count). The predicted octanol–water partition coefficient (Wildman–Crippen LogP) is 4.08. The molecule has 5 nitrogen and oxygen atoms in total. The van der Waals surface area contributed by atoms with Gasteiger partial charge in [0.15, 0.2) is 0 Å². The highest BCUT2D eigenvalue weighted by Gasteiger charge is 2.34. The first kappa shape index (κ1) is 18.8. The summed E-state index contributed by atoms with van der Waals surface area (Å²) in [5, 5.41) is 2.51. The maximum absolute atomic E-state index is 13.1. The number of carbonyl (C=O) groups excluding carboxylic acids is 2. The van der Waals surface area contributed by atoms with Crippen LogP contribution in [0.5, 0.6) is 0 Å². The van der Waals surface area contributed by atoms with Gasteiger partial charge >= 0.3 is 12.3 Å². The smallest absolute Gasteiger partial charge is 0.417 e. The SMILES string of the molecule is COC(=O)N1CCc2ccc(NC(=O)c3ccccc3C(F)(F)F)cc2C1. The lowest BCUT2D eigenvalue weighted by Crippen LogP contribution is -2.35. The molecule has 0 saturated heterocycles. The molecule has 0 unspecified atom stereocenters. The lowest BCUT2D eigenvalue weighted by Gasteiger charge is -2.28. The molecule has 1 aliphatic heterocycles. The van der Waals surface area contributed by atoms with Gasteiger partial charge in [0.05, 0.1) is 18.2 Å². The Morgan fingerprint density at radius 2 is 1.85 bits per heavy atom. The van der Waals surface area contributed by atoms with Crippen LogP contribution < -0.4 is 5.32 Å². The van der Waals surface area contributed by atoms with E-state index in [1.807, 2.05) is 0 Å². The number of fused-ring (bicyclic) bond motifs is 1. The van der Waals surface area contributed by atoms with E-state index >= 15 is 0 Å².